The third kappa shape index (κ3) is 6.49. The maximum atomic E-state index is 12.2. The summed E-state index contributed by atoms with van der Waals surface area (Å²) in [7, 11) is 5.75. The van der Waals surface area contributed by atoms with E-state index in [9.17, 15) is 9.59 Å². The highest BCUT2D eigenvalue weighted by Gasteiger charge is 2.28. The summed E-state index contributed by atoms with van der Waals surface area (Å²) in [5.41, 5.74) is 0.681. The van der Waals surface area contributed by atoms with Gasteiger partial charge in [0.05, 0.1) is 12.1 Å². The first-order valence-electron chi connectivity index (χ1n) is 8.99. The molecule has 1 aliphatic rings. The molecule has 1 aromatic heterocycles. The quantitative estimate of drug-likeness (QED) is 0.690. The fourth-order valence-corrected chi connectivity index (χ4v) is 2.44. The smallest absolute Gasteiger partial charge is 0.228 e. The normalized spacial score (nSPS) is 15.2. The largest absolute Gasteiger partial charge is 0.361 e. The zero-order valence-electron chi connectivity index (χ0n) is 15.7. The maximum Gasteiger partial charge on any atom is 0.228 e. The zero-order valence-corrected chi connectivity index (χ0v) is 15.7. The maximum absolute atomic E-state index is 12.2. The molecular formula is C18H30N4O3. The minimum atomic E-state index is -0.0221. The van der Waals surface area contributed by atoms with Gasteiger partial charge in [-0.05, 0) is 40.3 Å². The van der Waals surface area contributed by atoms with Gasteiger partial charge < -0.3 is 19.6 Å². The van der Waals surface area contributed by atoms with E-state index in [2.05, 4.69) is 22.3 Å². The molecule has 7 nitrogen and oxygen atoms in total. The van der Waals surface area contributed by atoms with E-state index in [1.54, 1.807) is 11.9 Å². The number of carbonyl (C=O) groups is 2. The number of hydrogen-bond acceptors (Lipinski definition) is 5. The minimum Gasteiger partial charge on any atom is -0.361 e. The molecule has 0 aliphatic heterocycles. The lowest BCUT2D eigenvalue weighted by Gasteiger charge is -2.19. The molecule has 1 heterocycles. The van der Waals surface area contributed by atoms with Crippen LogP contribution in [0, 0.1) is 0 Å². The number of amides is 2. The number of likely N-dealkylation sites (N-methyl/N-ethyl adjacent to an activating group) is 1. The summed E-state index contributed by atoms with van der Waals surface area (Å²) in [6.45, 7) is 3.04. The van der Waals surface area contributed by atoms with Crippen molar-refractivity contribution in [3.05, 3.63) is 17.5 Å². The van der Waals surface area contributed by atoms with Crippen molar-refractivity contribution in [2.75, 3.05) is 34.2 Å². The van der Waals surface area contributed by atoms with E-state index in [4.69, 9.17) is 4.52 Å². The number of nitrogens with zero attached hydrogens (tertiary/aromatic N) is 3. The average molecular weight is 350 g/mol. The lowest BCUT2D eigenvalue weighted by atomic mass is 10.1. The monoisotopic (exact) mass is 350 g/mol. The van der Waals surface area contributed by atoms with Crippen LogP contribution in [0.5, 0.6) is 0 Å². The first-order valence-corrected chi connectivity index (χ1v) is 8.99. The zero-order chi connectivity index (χ0) is 18.4. The van der Waals surface area contributed by atoms with Gasteiger partial charge in [0.2, 0.25) is 11.8 Å². The van der Waals surface area contributed by atoms with Crippen molar-refractivity contribution >= 4 is 11.8 Å². The van der Waals surface area contributed by atoms with Gasteiger partial charge in [0.25, 0.3) is 0 Å². The van der Waals surface area contributed by atoms with Crippen molar-refractivity contribution in [3.8, 4) is 0 Å². The predicted octanol–water partition coefficient (Wildman–Crippen LogP) is 1.40. The van der Waals surface area contributed by atoms with Crippen molar-refractivity contribution in [3.63, 3.8) is 0 Å². The van der Waals surface area contributed by atoms with E-state index in [-0.39, 0.29) is 18.2 Å². The van der Waals surface area contributed by atoms with Crippen LogP contribution in [-0.2, 0) is 16.0 Å². The second-order valence-electron chi connectivity index (χ2n) is 7.19. The molecule has 0 radical (unpaired) electrons. The third-order valence-corrected chi connectivity index (χ3v) is 4.76. The van der Waals surface area contributed by atoms with Crippen LogP contribution in [0.25, 0.3) is 0 Å². The lowest BCUT2D eigenvalue weighted by Crippen LogP contribution is -2.37. The minimum absolute atomic E-state index is 0.0221. The van der Waals surface area contributed by atoms with Gasteiger partial charge in [-0.3, -0.25) is 9.59 Å². The van der Waals surface area contributed by atoms with E-state index in [0.717, 1.165) is 25.0 Å². The SMILES string of the molecule is CC(CCC(=O)NCCN(C)C(=O)Cc1cc(C2CC2)on1)N(C)C. The Morgan fingerprint density at radius 3 is 2.72 bits per heavy atom. The van der Waals surface area contributed by atoms with Gasteiger partial charge in [-0.15, -0.1) is 0 Å². The first-order chi connectivity index (χ1) is 11.9. The highest BCUT2D eigenvalue weighted by molar-refractivity contribution is 5.78. The van der Waals surface area contributed by atoms with Crippen LogP contribution in [0.4, 0.5) is 0 Å². The molecule has 2 amide bonds. The Morgan fingerprint density at radius 1 is 1.36 bits per heavy atom. The van der Waals surface area contributed by atoms with Crippen molar-refractivity contribution in [1.29, 1.82) is 0 Å². The van der Waals surface area contributed by atoms with Crippen LogP contribution in [0.15, 0.2) is 10.6 Å². The van der Waals surface area contributed by atoms with Gasteiger partial charge in [0.1, 0.15) is 5.76 Å². The van der Waals surface area contributed by atoms with Crippen molar-refractivity contribution < 1.29 is 14.1 Å². The van der Waals surface area contributed by atoms with Crippen LogP contribution < -0.4 is 5.32 Å². The second-order valence-corrected chi connectivity index (χ2v) is 7.19. The summed E-state index contributed by atoms with van der Waals surface area (Å²) in [6, 6.07) is 2.26. The topological polar surface area (TPSA) is 78.7 Å². The highest BCUT2D eigenvalue weighted by Crippen LogP contribution is 2.40. The molecule has 7 heteroatoms. The van der Waals surface area contributed by atoms with E-state index in [1.807, 2.05) is 20.2 Å². The van der Waals surface area contributed by atoms with Gasteiger partial charge in [0, 0.05) is 44.6 Å². The molecule has 2 rings (SSSR count). The number of rotatable bonds is 10. The number of nitrogens with one attached hydrogen (secondary N) is 1. The summed E-state index contributed by atoms with van der Waals surface area (Å²) in [4.78, 5) is 27.7. The molecule has 1 saturated carbocycles. The van der Waals surface area contributed by atoms with E-state index in [1.165, 1.54) is 0 Å². The van der Waals surface area contributed by atoms with Gasteiger partial charge in [-0.25, -0.2) is 0 Å². The molecule has 140 valence electrons. The molecule has 0 saturated heterocycles. The van der Waals surface area contributed by atoms with Gasteiger partial charge in [0.15, 0.2) is 0 Å². The molecule has 1 aromatic rings. The fraction of sp³-hybridized carbons (Fsp3) is 0.722. The number of aromatic nitrogens is 1. The molecule has 1 fully saturated rings. The molecule has 1 aliphatic carbocycles. The van der Waals surface area contributed by atoms with Crippen LogP contribution in [-0.4, -0.2) is 67.0 Å². The van der Waals surface area contributed by atoms with Crippen LogP contribution >= 0.6 is 0 Å². The highest BCUT2D eigenvalue weighted by atomic mass is 16.5. The van der Waals surface area contributed by atoms with Crippen molar-refractivity contribution in [1.82, 2.24) is 20.3 Å². The Balaban J connectivity index is 1.62. The Bertz CT molecular complexity index is 581. The Hall–Kier alpha value is -1.89. The van der Waals surface area contributed by atoms with Crippen molar-refractivity contribution in [2.45, 2.75) is 51.0 Å². The van der Waals surface area contributed by atoms with Crippen LogP contribution in [0.1, 0.15) is 50.0 Å². The van der Waals surface area contributed by atoms with Gasteiger partial charge in [-0.2, -0.15) is 0 Å². The summed E-state index contributed by atoms with van der Waals surface area (Å²) in [5, 5.41) is 6.84. The molecule has 1 N–H and O–H groups in total. The van der Waals surface area contributed by atoms with E-state index >= 15 is 0 Å². The molecule has 0 aromatic carbocycles. The second kappa shape index (κ2) is 8.99. The molecule has 25 heavy (non-hydrogen) atoms. The standard InChI is InChI=1S/C18H30N4O3/c1-13(21(2)3)5-8-17(23)19-9-10-22(4)18(24)12-15-11-16(25-20-15)14-6-7-14/h11,13-14H,5-10,12H2,1-4H3,(H,19,23). The average Bonchev–Trinajstić information content (AvgIpc) is 3.32. The molecule has 0 bridgehead atoms. The molecule has 1 unspecified atom stereocenters. The van der Waals surface area contributed by atoms with Crippen LogP contribution in [0.2, 0.25) is 0 Å². The first kappa shape index (κ1) is 19.4. The Labute approximate surface area is 149 Å². The lowest BCUT2D eigenvalue weighted by molar-refractivity contribution is -0.129. The molecule has 1 atom stereocenters. The number of hydrogen-bond donors (Lipinski definition) is 1. The van der Waals surface area contributed by atoms with Gasteiger partial charge >= 0.3 is 0 Å². The molecule has 0 spiro atoms. The van der Waals surface area contributed by atoms with Crippen molar-refractivity contribution in [2.24, 2.45) is 0 Å². The predicted molar refractivity (Wildman–Crippen MR) is 95.2 cm³/mol. The third-order valence-electron chi connectivity index (χ3n) is 4.76. The molecular weight excluding hydrogens is 320 g/mol. The van der Waals surface area contributed by atoms with E-state index < -0.39 is 0 Å². The fourth-order valence-electron chi connectivity index (χ4n) is 2.44. The summed E-state index contributed by atoms with van der Waals surface area (Å²) < 4.78 is 5.26. The summed E-state index contributed by atoms with van der Waals surface area (Å²) >= 11 is 0. The Morgan fingerprint density at radius 2 is 2.08 bits per heavy atom. The van der Waals surface area contributed by atoms with Gasteiger partial charge in [-0.1, -0.05) is 5.16 Å². The summed E-state index contributed by atoms with van der Waals surface area (Å²) in [5.74, 6) is 1.40. The number of carbonyl (C=O) groups excluding carboxylic acids is 2. The van der Waals surface area contributed by atoms with E-state index in [0.29, 0.717) is 37.2 Å². The van der Waals surface area contributed by atoms with Crippen LogP contribution in [0.3, 0.4) is 0 Å². The summed E-state index contributed by atoms with van der Waals surface area (Å²) in [6.07, 6.45) is 3.86. The Kier molecular flexibility index (Phi) is 6.99.